The fraction of sp³-hybridized carbons (Fsp3) is 0.260. The monoisotopic (exact) mass is 945 g/mol. The fourth-order valence-electron chi connectivity index (χ4n) is 6.97. The quantitative estimate of drug-likeness (QED) is 0.118. The normalized spacial score (nSPS) is 11.9. The molecule has 5 aromatic carbocycles. The van der Waals surface area contributed by atoms with Gasteiger partial charge in [-0.3, -0.25) is 4.98 Å². The zero-order chi connectivity index (χ0) is 39.8. The van der Waals surface area contributed by atoms with E-state index in [1.807, 2.05) is 48.7 Å². The number of nitrogens with zero attached hydrogens (tertiary/aromatic N) is 4. The van der Waals surface area contributed by atoms with E-state index in [9.17, 15) is 0 Å². The van der Waals surface area contributed by atoms with E-state index in [0.29, 0.717) is 17.7 Å². The van der Waals surface area contributed by atoms with Crippen LogP contribution in [-0.2, 0) is 25.5 Å². The van der Waals surface area contributed by atoms with Crippen LogP contribution in [-0.4, -0.2) is 27.6 Å². The molecule has 57 heavy (non-hydrogen) atoms. The summed E-state index contributed by atoms with van der Waals surface area (Å²) in [6.07, 6.45) is 2.02. The van der Waals surface area contributed by atoms with Gasteiger partial charge in [0, 0.05) is 42.9 Å². The first-order valence-corrected chi connectivity index (χ1v) is 23.2. The van der Waals surface area contributed by atoms with E-state index >= 15 is 0 Å². The maximum absolute atomic E-state index is 6.44. The van der Waals surface area contributed by atoms with Crippen molar-refractivity contribution >= 4 is 35.4 Å². The number of hydrogen-bond acceptors (Lipinski definition) is 4. The van der Waals surface area contributed by atoms with Gasteiger partial charge in [-0.25, -0.2) is 4.98 Å². The number of oxazole rings is 1. The Hall–Kier alpha value is -4.94. The van der Waals surface area contributed by atoms with Crippen LogP contribution in [0.3, 0.4) is 0 Å². The molecule has 0 fully saturated rings. The van der Waals surface area contributed by atoms with Gasteiger partial charge in [0.25, 0.3) is 0 Å². The SMILES string of the molecule is CC(C)c1cc(-c2ccccc2)cc(C(C)C)c1-n1c(-c2[c-]ccc3nc(C(C)(C)C)oc23)nc2ccccc21.C[Si](C)(C)c1ccc(-c2[c-]cccc2)nc1.[Ir]. The Kier molecular flexibility index (Phi) is 12.3. The standard InChI is InChI=1S/C36H36N3O.C14H16NSi.Ir/c1-22(2)27-20-25(24-14-9-8-10-15-24)21-28(23(3)4)32(27)39-31-19-12-11-17-29(31)37-34(39)26-16-13-18-30-33(26)40-35(38-30)36(5,6)7;1-16(2,3)13-9-10-14(15-11-13)12-7-5-4-6-8-12;/h8-15,17-23H,1-7H3;4-7,9-11H,1-3H3;/q2*-1;. The first-order valence-electron chi connectivity index (χ1n) is 19.7. The third kappa shape index (κ3) is 8.82. The molecule has 0 aliphatic carbocycles. The molecule has 7 heteroatoms. The van der Waals surface area contributed by atoms with E-state index < -0.39 is 8.07 Å². The second-order valence-electron chi connectivity index (χ2n) is 17.2. The minimum atomic E-state index is -1.23. The third-order valence-electron chi connectivity index (χ3n) is 10.1. The van der Waals surface area contributed by atoms with Gasteiger partial charge in [0.1, 0.15) is 0 Å². The summed E-state index contributed by atoms with van der Waals surface area (Å²) in [6, 6.07) is 46.6. The molecule has 0 unspecified atom stereocenters. The van der Waals surface area contributed by atoms with Crippen molar-refractivity contribution in [2.45, 2.75) is 85.4 Å². The number of aromatic nitrogens is 4. The number of hydrogen-bond donors (Lipinski definition) is 0. The average molecular weight is 945 g/mol. The summed E-state index contributed by atoms with van der Waals surface area (Å²) in [5.74, 6) is 2.12. The van der Waals surface area contributed by atoms with Crippen molar-refractivity contribution in [3.8, 4) is 39.5 Å². The van der Waals surface area contributed by atoms with Crippen LogP contribution in [0.15, 0.2) is 126 Å². The summed E-state index contributed by atoms with van der Waals surface area (Å²) in [5.41, 5.74) is 12.5. The Balaban J connectivity index is 0.000000271. The third-order valence-corrected chi connectivity index (χ3v) is 12.2. The first kappa shape index (κ1) is 41.7. The van der Waals surface area contributed by atoms with Gasteiger partial charge in [-0.2, -0.15) is 0 Å². The smallest absolute Gasteiger partial charge is 0.188 e. The maximum atomic E-state index is 6.44. The topological polar surface area (TPSA) is 56.7 Å². The molecular weight excluding hydrogens is 893 g/mol. The molecule has 3 aromatic heterocycles. The molecule has 0 aliphatic rings. The largest absolute Gasteiger partial charge is 0.487 e. The second-order valence-corrected chi connectivity index (χ2v) is 22.3. The molecule has 0 amide bonds. The summed E-state index contributed by atoms with van der Waals surface area (Å²) in [5, 5.41) is 1.40. The van der Waals surface area contributed by atoms with E-state index in [-0.39, 0.29) is 25.5 Å². The molecule has 8 aromatic rings. The van der Waals surface area contributed by atoms with Crippen LogP contribution >= 0.6 is 0 Å². The van der Waals surface area contributed by atoms with Gasteiger partial charge in [-0.15, -0.1) is 54.1 Å². The summed E-state index contributed by atoms with van der Waals surface area (Å²) in [7, 11) is -1.23. The molecule has 3 heterocycles. The van der Waals surface area contributed by atoms with Gasteiger partial charge in [-0.1, -0.05) is 128 Å². The number of benzene rings is 5. The van der Waals surface area contributed by atoms with Gasteiger partial charge in [0.05, 0.1) is 30.5 Å². The molecule has 0 bridgehead atoms. The minimum Gasteiger partial charge on any atom is -0.487 e. The fourth-order valence-corrected chi connectivity index (χ4v) is 8.00. The summed E-state index contributed by atoms with van der Waals surface area (Å²) in [6.45, 7) is 22.4. The molecule has 0 N–H and O–H groups in total. The summed E-state index contributed by atoms with van der Waals surface area (Å²) in [4.78, 5) is 14.6. The molecular formula is C50H52IrN4OSi-2. The molecule has 0 saturated carbocycles. The van der Waals surface area contributed by atoms with Crippen molar-refractivity contribution in [1.82, 2.24) is 19.5 Å². The number of rotatable bonds is 7. The van der Waals surface area contributed by atoms with Gasteiger partial charge >= 0.3 is 0 Å². The number of imidazole rings is 1. The van der Waals surface area contributed by atoms with Crippen LogP contribution in [0.2, 0.25) is 19.6 Å². The van der Waals surface area contributed by atoms with Crippen LogP contribution in [0.25, 0.3) is 61.6 Å². The maximum Gasteiger partial charge on any atom is 0.188 e. The molecule has 0 spiro atoms. The molecule has 1 radical (unpaired) electrons. The van der Waals surface area contributed by atoms with Crippen LogP contribution in [0.1, 0.15) is 77.3 Å². The predicted molar refractivity (Wildman–Crippen MR) is 237 cm³/mol. The summed E-state index contributed by atoms with van der Waals surface area (Å²) < 4.78 is 8.77. The zero-order valence-corrected chi connectivity index (χ0v) is 38.1. The molecule has 8 rings (SSSR count). The van der Waals surface area contributed by atoms with E-state index in [4.69, 9.17) is 14.4 Å². The molecule has 293 valence electrons. The summed E-state index contributed by atoms with van der Waals surface area (Å²) >= 11 is 0. The first-order chi connectivity index (χ1) is 26.7. The Bertz CT molecular complexity index is 2570. The van der Waals surface area contributed by atoms with Crippen molar-refractivity contribution in [2.75, 3.05) is 0 Å². The van der Waals surface area contributed by atoms with Crippen molar-refractivity contribution in [1.29, 1.82) is 0 Å². The molecule has 0 saturated heterocycles. The minimum absolute atomic E-state index is 0. The second kappa shape index (κ2) is 16.9. The van der Waals surface area contributed by atoms with Gasteiger partial charge in [0.2, 0.25) is 0 Å². The molecule has 5 nitrogen and oxygen atoms in total. The van der Waals surface area contributed by atoms with Crippen LogP contribution in [0.5, 0.6) is 0 Å². The number of fused-ring (bicyclic) bond motifs is 2. The van der Waals surface area contributed by atoms with E-state index in [0.717, 1.165) is 44.8 Å². The van der Waals surface area contributed by atoms with E-state index in [1.54, 1.807) is 0 Å². The molecule has 0 atom stereocenters. The van der Waals surface area contributed by atoms with Crippen molar-refractivity contribution in [2.24, 2.45) is 0 Å². The Morgan fingerprint density at radius 1 is 0.684 bits per heavy atom. The van der Waals surface area contributed by atoms with Crippen LogP contribution < -0.4 is 5.19 Å². The Morgan fingerprint density at radius 3 is 1.95 bits per heavy atom. The Labute approximate surface area is 353 Å². The molecule has 0 aliphatic heterocycles. The van der Waals surface area contributed by atoms with Gasteiger partial charge in [-0.05, 0) is 69.2 Å². The van der Waals surface area contributed by atoms with Gasteiger partial charge < -0.3 is 14.0 Å². The Morgan fingerprint density at radius 2 is 1.35 bits per heavy atom. The van der Waals surface area contributed by atoms with Gasteiger partial charge in [0.15, 0.2) is 5.89 Å². The zero-order valence-electron chi connectivity index (χ0n) is 34.7. The van der Waals surface area contributed by atoms with Crippen molar-refractivity contribution < 1.29 is 24.5 Å². The van der Waals surface area contributed by atoms with Crippen molar-refractivity contribution in [3.05, 3.63) is 151 Å². The average Bonchev–Trinajstić information content (AvgIpc) is 3.81. The van der Waals surface area contributed by atoms with Crippen LogP contribution in [0, 0.1) is 12.1 Å². The number of pyridine rings is 1. The van der Waals surface area contributed by atoms with Crippen molar-refractivity contribution in [3.63, 3.8) is 0 Å². The van der Waals surface area contributed by atoms with E-state index in [1.165, 1.54) is 33.1 Å². The predicted octanol–water partition coefficient (Wildman–Crippen LogP) is 12.9. The number of para-hydroxylation sites is 2. The van der Waals surface area contributed by atoms with Crippen LogP contribution in [0.4, 0.5) is 0 Å². The van der Waals surface area contributed by atoms with E-state index in [2.05, 4.69) is 163 Å².